The van der Waals surface area contributed by atoms with E-state index < -0.39 is 0 Å². The van der Waals surface area contributed by atoms with Gasteiger partial charge in [-0.05, 0) is 60.7 Å². The van der Waals surface area contributed by atoms with Crippen LogP contribution in [0.25, 0.3) is 16.9 Å². The molecule has 6 rings (SSSR count). The first-order valence-electron chi connectivity index (χ1n) is 11.3. The van der Waals surface area contributed by atoms with Crippen LogP contribution < -0.4 is 16.8 Å². The fourth-order valence-electron chi connectivity index (χ4n) is 3.21. The summed E-state index contributed by atoms with van der Waals surface area (Å²) in [5.41, 5.74) is 16.1. The van der Waals surface area contributed by atoms with Gasteiger partial charge in [0.05, 0.1) is 11.4 Å². The highest BCUT2D eigenvalue weighted by Crippen LogP contribution is 2.19. The Hall–Kier alpha value is -4.95. The van der Waals surface area contributed by atoms with Gasteiger partial charge in [-0.2, -0.15) is 0 Å². The van der Waals surface area contributed by atoms with Crippen molar-refractivity contribution in [1.82, 2.24) is 24.5 Å². The lowest BCUT2D eigenvalue weighted by atomic mass is 10.3. The predicted molar refractivity (Wildman–Crippen MR) is 151 cm³/mol. The van der Waals surface area contributed by atoms with Gasteiger partial charge in [0.25, 0.3) is 0 Å². The van der Waals surface area contributed by atoms with E-state index in [4.69, 9.17) is 23.1 Å². The molecule has 6 aromatic rings. The highest BCUT2D eigenvalue weighted by atomic mass is 35.5. The largest absolute Gasteiger partial charge is 0.396 e. The zero-order chi connectivity index (χ0) is 25.9. The van der Waals surface area contributed by atoms with Crippen molar-refractivity contribution in [2.75, 3.05) is 16.8 Å². The number of para-hydroxylation sites is 2. The summed E-state index contributed by atoms with van der Waals surface area (Å²) in [6, 6.07) is 30.8. The number of halogens is 1. The van der Waals surface area contributed by atoms with E-state index in [2.05, 4.69) is 25.3 Å². The number of fused-ring (bicyclic) bond motifs is 1. The first-order chi connectivity index (χ1) is 18.1. The molecule has 0 aliphatic heterocycles. The van der Waals surface area contributed by atoms with E-state index in [1.54, 1.807) is 37.1 Å². The van der Waals surface area contributed by atoms with Crippen LogP contribution in [-0.2, 0) is 0 Å². The molecular weight excluding hydrogens is 484 g/mol. The van der Waals surface area contributed by atoms with Gasteiger partial charge in [-0.15, -0.1) is 0 Å². The molecule has 2 aromatic carbocycles. The Morgan fingerprint density at radius 2 is 1.24 bits per heavy atom. The number of hydrogen-bond donors (Lipinski definition) is 3. The van der Waals surface area contributed by atoms with Crippen molar-refractivity contribution >= 4 is 45.6 Å². The molecule has 4 aromatic heterocycles. The number of nitrogen functional groups attached to an aromatic ring is 2. The number of anilines is 4. The second-order valence-corrected chi connectivity index (χ2v) is 7.97. The lowest BCUT2D eigenvalue weighted by molar-refractivity contribution is 1.07. The highest BCUT2D eigenvalue weighted by molar-refractivity contribution is 6.31. The smallest absolute Gasteiger partial charge is 0.164 e. The van der Waals surface area contributed by atoms with Gasteiger partial charge in [0.15, 0.2) is 16.6 Å². The first-order valence-corrected chi connectivity index (χ1v) is 11.7. The van der Waals surface area contributed by atoms with Gasteiger partial charge in [0.2, 0.25) is 0 Å². The Bertz CT molecular complexity index is 1520. The molecule has 184 valence electrons. The topological polar surface area (TPSA) is 121 Å². The van der Waals surface area contributed by atoms with Gasteiger partial charge in [0, 0.05) is 30.0 Å². The molecule has 0 unspecified atom stereocenters. The van der Waals surface area contributed by atoms with Crippen molar-refractivity contribution in [2.24, 2.45) is 0 Å². The zero-order valence-corrected chi connectivity index (χ0v) is 20.6. The fourth-order valence-corrected chi connectivity index (χ4v) is 3.33. The summed E-state index contributed by atoms with van der Waals surface area (Å²) in [6.45, 7) is 0. The quantitative estimate of drug-likeness (QED) is 0.245. The molecule has 0 bridgehead atoms. The van der Waals surface area contributed by atoms with Crippen LogP contribution in [0.1, 0.15) is 0 Å². The van der Waals surface area contributed by atoms with Gasteiger partial charge in [-0.1, -0.05) is 48.0 Å². The second-order valence-electron chi connectivity index (χ2n) is 7.61. The van der Waals surface area contributed by atoms with E-state index in [1.165, 1.54) is 0 Å². The SMILES string of the molecule is Nc1cccnc1Cl.Nc1cccnc1Nc1ccccc1.c1ccc(-n2cnc3cccnc32)cc1. The molecule has 0 amide bonds. The molecule has 0 spiro atoms. The Balaban J connectivity index is 0.000000136. The third-order valence-corrected chi connectivity index (χ3v) is 5.32. The third kappa shape index (κ3) is 7.03. The molecule has 4 heterocycles. The van der Waals surface area contributed by atoms with E-state index >= 15 is 0 Å². The van der Waals surface area contributed by atoms with Crippen LogP contribution in [0.5, 0.6) is 0 Å². The van der Waals surface area contributed by atoms with Crippen LogP contribution in [0.4, 0.5) is 22.9 Å². The number of imidazole rings is 1. The average molecular weight is 509 g/mol. The minimum atomic E-state index is 0.368. The first kappa shape index (κ1) is 25.2. The summed E-state index contributed by atoms with van der Waals surface area (Å²) in [6.07, 6.45) is 6.89. The molecule has 0 aliphatic carbocycles. The molecule has 9 heteroatoms. The molecule has 0 radical (unpaired) electrons. The van der Waals surface area contributed by atoms with Crippen LogP contribution in [0.2, 0.25) is 5.15 Å². The van der Waals surface area contributed by atoms with Crippen molar-refractivity contribution in [2.45, 2.75) is 0 Å². The Labute approximate surface area is 219 Å². The number of hydrogen-bond acceptors (Lipinski definition) is 7. The number of nitrogens with two attached hydrogens (primary N) is 2. The number of benzene rings is 2. The van der Waals surface area contributed by atoms with Gasteiger partial charge in [-0.3, -0.25) is 4.57 Å². The Kier molecular flexibility index (Phi) is 8.61. The number of nitrogens with one attached hydrogen (secondary N) is 1. The van der Waals surface area contributed by atoms with Crippen molar-refractivity contribution in [3.8, 4) is 5.69 Å². The average Bonchev–Trinajstić information content (AvgIpc) is 3.38. The number of pyridine rings is 3. The fraction of sp³-hybridized carbons (Fsp3) is 0. The standard InChI is InChI=1S/C12H9N3.C11H11N3.C5H5ClN2/c1-2-5-10(6-3-1)15-9-14-11-7-4-8-13-12(11)15;12-10-7-4-8-13-11(10)14-9-5-2-1-3-6-9;6-5-4(7)2-1-3-8-5/h1-9H;1-8H,12H2,(H,13,14);1-3H,7H2. The maximum atomic E-state index is 5.74. The summed E-state index contributed by atoms with van der Waals surface area (Å²) in [4.78, 5) is 16.5. The Morgan fingerprint density at radius 3 is 1.89 bits per heavy atom. The van der Waals surface area contributed by atoms with E-state index in [0.29, 0.717) is 22.3 Å². The summed E-state index contributed by atoms with van der Waals surface area (Å²) in [5.74, 6) is 0.693. The minimum absolute atomic E-state index is 0.368. The van der Waals surface area contributed by atoms with Crippen molar-refractivity contribution in [3.05, 3.63) is 127 Å². The van der Waals surface area contributed by atoms with Crippen LogP contribution in [0, 0.1) is 0 Å². The molecule has 0 atom stereocenters. The maximum Gasteiger partial charge on any atom is 0.164 e. The monoisotopic (exact) mass is 508 g/mol. The van der Waals surface area contributed by atoms with Gasteiger partial charge >= 0.3 is 0 Å². The summed E-state index contributed by atoms with van der Waals surface area (Å²) in [7, 11) is 0. The number of nitrogens with zero attached hydrogens (tertiary/aromatic N) is 5. The van der Waals surface area contributed by atoms with Crippen LogP contribution in [-0.4, -0.2) is 24.5 Å². The van der Waals surface area contributed by atoms with E-state index in [0.717, 1.165) is 22.5 Å². The van der Waals surface area contributed by atoms with E-state index in [1.807, 2.05) is 89.5 Å². The lowest BCUT2D eigenvalue weighted by Crippen LogP contribution is -1.97. The molecular formula is C28H25ClN8. The molecule has 8 nitrogen and oxygen atoms in total. The van der Waals surface area contributed by atoms with Crippen LogP contribution >= 0.6 is 11.6 Å². The van der Waals surface area contributed by atoms with Crippen molar-refractivity contribution in [3.63, 3.8) is 0 Å². The molecule has 0 saturated carbocycles. The predicted octanol–water partition coefficient (Wildman–Crippen LogP) is 6.15. The summed E-state index contributed by atoms with van der Waals surface area (Å²) >= 11 is 5.47. The normalized spacial score (nSPS) is 9.97. The van der Waals surface area contributed by atoms with Crippen molar-refractivity contribution < 1.29 is 0 Å². The second kappa shape index (κ2) is 12.7. The Morgan fingerprint density at radius 1 is 0.622 bits per heavy atom. The minimum Gasteiger partial charge on any atom is -0.396 e. The number of aromatic nitrogens is 5. The van der Waals surface area contributed by atoms with Gasteiger partial charge in [-0.25, -0.2) is 19.9 Å². The molecule has 37 heavy (non-hydrogen) atoms. The number of rotatable bonds is 3. The van der Waals surface area contributed by atoms with Crippen molar-refractivity contribution in [1.29, 1.82) is 0 Å². The van der Waals surface area contributed by atoms with Gasteiger partial charge in [0.1, 0.15) is 11.8 Å². The molecule has 5 N–H and O–H groups in total. The van der Waals surface area contributed by atoms with Crippen LogP contribution in [0.3, 0.4) is 0 Å². The van der Waals surface area contributed by atoms with E-state index in [9.17, 15) is 0 Å². The molecule has 0 saturated heterocycles. The zero-order valence-electron chi connectivity index (χ0n) is 19.8. The summed E-state index contributed by atoms with van der Waals surface area (Å²) < 4.78 is 1.98. The lowest BCUT2D eigenvalue weighted by Gasteiger charge is -2.06. The maximum absolute atomic E-state index is 5.74. The third-order valence-electron chi connectivity index (χ3n) is 5.00. The molecule has 0 aliphatic rings. The van der Waals surface area contributed by atoms with Gasteiger partial charge < -0.3 is 16.8 Å². The highest BCUT2D eigenvalue weighted by Gasteiger charge is 2.03. The van der Waals surface area contributed by atoms with E-state index in [-0.39, 0.29) is 0 Å². The summed E-state index contributed by atoms with van der Waals surface area (Å²) in [5, 5.41) is 3.50. The van der Waals surface area contributed by atoms with Crippen LogP contribution in [0.15, 0.2) is 122 Å². The molecule has 0 fully saturated rings.